The molecule has 1 aromatic heterocycles. The monoisotopic (exact) mass is 295 g/mol. The number of carbonyl (C=O) groups excluding carboxylic acids is 1. The second kappa shape index (κ2) is 7.07. The number of carboxylic acid groups (broad SMARTS) is 1. The SMILES string of the molecule is Cn1cc(CNC(=O)N2CCN(CCC(=O)O)CC2)cn1. The highest BCUT2D eigenvalue weighted by molar-refractivity contribution is 5.74. The number of nitrogens with one attached hydrogen (secondary N) is 1. The molecule has 0 spiro atoms. The number of aromatic nitrogens is 2. The molecule has 0 unspecified atom stereocenters. The Balaban J connectivity index is 1.69. The number of carbonyl (C=O) groups is 2. The summed E-state index contributed by atoms with van der Waals surface area (Å²) in [6.45, 7) is 3.69. The number of hydrogen-bond acceptors (Lipinski definition) is 4. The third-order valence-corrected chi connectivity index (χ3v) is 3.50. The van der Waals surface area contributed by atoms with Crippen molar-refractivity contribution in [3.05, 3.63) is 18.0 Å². The topological polar surface area (TPSA) is 90.7 Å². The van der Waals surface area contributed by atoms with Gasteiger partial charge in [0.2, 0.25) is 0 Å². The fourth-order valence-corrected chi connectivity index (χ4v) is 2.28. The number of aryl methyl sites for hydroxylation is 1. The largest absolute Gasteiger partial charge is 0.481 e. The Morgan fingerprint density at radius 3 is 2.62 bits per heavy atom. The number of hydrogen-bond donors (Lipinski definition) is 2. The van der Waals surface area contributed by atoms with Gasteiger partial charge in [-0.25, -0.2) is 4.79 Å². The average molecular weight is 295 g/mol. The van der Waals surface area contributed by atoms with Gasteiger partial charge in [-0.1, -0.05) is 0 Å². The molecule has 2 N–H and O–H groups in total. The van der Waals surface area contributed by atoms with Gasteiger partial charge in [0.15, 0.2) is 0 Å². The van der Waals surface area contributed by atoms with Crippen LogP contribution in [0, 0.1) is 0 Å². The van der Waals surface area contributed by atoms with E-state index in [9.17, 15) is 9.59 Å². The number of rotatable bonds is 5. The van der Waals surface area contributed by atoms with Gasteiger partial charge in [0.05, 0.1) is 12.6 Å². The van der Waals surface area contributed by atoms with E-state index in [2.05, 4.69) is 15.3 Å². The minimum atomic E-state index is -0.786. The van der Waals surface area contributed by atoms with Crippen LogP contribution in [0.25, 0.3) is 0 Å². The zero-order valence-electron chi connectivity index (χ0n) is 12.2. The molecule has 0 bridgehead atoms. The molecule has 2 rings (SSSR count). The maximum absolute atomic E-state index is 12.0. The third kappa shape index (κ3) is 4.75. The molecule has 0 radical (unpaired) electrons. The van der Waals surface area contributed by atoms with Crippen LogP contribution >= 0.6 is 0 Å². The molecule has 2 amide bonds. The van der Waals surface area contributed by atoms with Crippen LogP contribution < -0.4 is 5.32 Å². The van der Waals surface area contributed by atoms with Crippen LogP contribution in [0.15, 0.2) is 12.4 Å². The Kier molecular flexibility index (Phi) is 5.15. The molecule has 0 saturated carbocycles. The fourth-order valence-electron chi connectivity index (χ4n) is 2.28. The normalized spacial score (nSPS) is 16.0. The lowest BCUT2D eigenvalue weighted by molar-refractivity contribution is -0.137. The first-order valence-electron chi connectivity index (χ1n) is 6.99. The van der Waals surface area contributed by atoms with Gasteiger partial charge >= 0.3 is 12.0 Å². The summed E-state index contributed by atoms with van der Waals surface area (Å²) in [5.74, 6) is -0.786. The van der Waals surface area contributed by atoms with Crippen LogP contribution in [0.3, 0.4) is 0 Å². The molecule has 0 aromatic carbocycles. The first-order valence-corrected chi connectivity index (χ1v) is 6.99. The van der Waals surface area contributed by atoms with Gasteiger partial charge in [0.25, 0.3) is 0 Å². The van der Waals surface area contributed by atoms with Crippen molar-refractivity contribution in [2.75, 3.05) is 32.7 Å². The van der Waals surface area contributed by atoms with E-state index in [0.717, 1.165) is 5.56 Å². The summed E-state index contributed by atoms with van der Waals surface area (Å²) in [7, 11) is 1.83. The first-order chi connectivity index (χ1) is 10.0. The molecule has 116 valence electrons. The quantitative estimate of drug-likeness (QED) is 0.780. The fraction of sp³-hybridized carbons (Fsp3) is 0.615. The second-order valence-electron chi connectivity index (χ2n) is 5.15. The lowest BCUT2D eigenvalue weighted by Gasteiger charge is -2.34. The maximum atomic E-state index is 12.0. The standard InChI is InChI=1S/C13H21N5O3/c1-16-10-11(9-15-16)8-14-13(21)18-6-4-17(5-7-18)3-2-12(19)20/h9-10H,2-8H2,1H3,(H,14,21)(H,19,20). The van der Waals surface area contributed by atoms with Crippen LogP contribution in [-0.2, 0) is 18.4 Å². The minimum Gasteiger partial charge on any atom is -0.481 e. The molecule has 1 aromatic rings. The third-order valence-electron chi connectivity index (χ3n) is 3.50. The molecule has 8 nitrogen and oxygen atoms in total. The van der Waals surface area contributed by atoms with Crippen LogP contribution in [0.5, 0.6) is 0 Å². The van der Waals surface area contributed by atoms with E-state index >= 15 is 0 Å². The molecule has 1 aliphatic heterocycles. The maximum Gasteiger partial charge on any atom is 0.317 e. The van der Waals surface area contributed by atoms with E-state index in [1.165, 1.54) is 0 Å². The Morgan fingerprint density at radius 2 is 2.05 bits per heavy atom. The van der Waals surface area contributed by atoms with E-state index in [4.69, 9.17) is 5.11 Å². The van der Waals surface area contributed by atoms with Crippen molar-refractivity contribution in [3.8, 4) is 0 Å². The Labute approximate surface area is 123 Å². The van der Waals surface area contributed by atoms with E-state index in [1.54, 1.807) is 15.8 Å². The first kappa shape index (κ1) is 15.3. The number of aliphatic carboxylic acids is 1. The van der Waals surface area contributed by atoms with E-state index < -0.39 is 5.97 Å². The summed E-state index contributed by atoms with van der Waals surface area (Å²) in [6, 6.07) is -0.0864. The van der Waals surface area contributed by atoms with Crippen molar-refractivity contribution in [1.29, 1.82) is 0 Å². The van der Waals surface area contributed by atoms with Crippen LogP contribution in [-0.4, -0.2) is 69.4 Å². The van der Waals surface area contributed by atoms with Crippen LogP contribution in [0.2, 0.25) is 0 Å². The van der Waals surface area contributed by atoms with Crippen molar-refractivity contribution < 1.29 is 14.7 Å². The summed E-state index contributed by atoms with van der Waals surface area (Å²) >= 11 is 0. The molecule has 0 atom stereocenters. The second-order valence-corrected chi connectivity index (χ2v) is 5.15. The predicted molar refractivity (Wildman–Crippen MR) is 75.7 cm³/mol. The zero-order valence-corrected chi connectivity index (χ0v) is 12.2. The minimum absolute atomic E-state index is 0.0864. The van der Waals surface area contributed by atoms with Crippen molar-refractivity contribution in [3.63, 3.8) is 0 Å². The van der Waals surface area contributed by atoms with Gasteiger partial charge in [-0.15, -0.1) is 0 Å². The lowest BCUT2D eigenvalue weighted by Crippen LogP contribution is -2.51. The molecule has 0 aliphatic carbocycles. The summed E-state index contributed by atoms with van der Waals surface area (Å²) in [6.07, 6.45) is 3.74. The lowest BCUT2D eigenvalue weighted by atomic mass is 10.3. The molecule has 1 saturated heterocycles. The van der Waals surface area contributed by atoms with Gasteiger partial charge in [-0.2, -0.15) is 5.10 Å². The molecule has 1 aliphatic rings. The highest BCUT2D eigenvalue weighted by atomic mass is 16.4. The van der Waals surface area contributed by atoms with Crippen LogP contribution in [0.1, 0.15) is 12.0 Å². The van der Waals surface area contributed by atoms with Gasteiger partial charge in [0, 0.05) is 58.1 Å². The summed E-state index contributed by atoms with van der Waals surface area (Å²) in [4.78, 5) is 26.4. The molecular weight excluding hydrogens is 274 g/mol. The molecule has 1 fully saturated rings. The Morgan fingerprint density at radius 1 is 1.33 bits per heavy atom. The van der Waals surface area contributed by atoms with Crippen molar-refractivity contribution in [2.45, 2.75) is 13.0 Å². The summed E-state index contributed by atoms with van der Waals surface area (Å²) in [5, 5.41) is 15.6. The number of amides is 2. The summed E-state index contributed by atoms with van der Waals surface area (Å²) in [5.41, 5.74) is 0.964. The molecule has 21 heavy (non-hydrogen) atoms. The van der Waals surface area contributed by atoms with Crippen molar-refractivity contribution in [1.82, 2.24) is 24.9 Å². The van der Waals surface area contributed by atoms with Gasteiger partial charge < -0.3 is 15.3 Å². The van der Waals surface area contributed by atoms with E-state index in [-0.39, 0.29) is 12.5 Å². The highest BCUT2D eigenvalue weighted by Crippen LogP contribution is 2.04. The number of piperazine rings is 1. The van der Waals surface area contributed by atoms with Crippen molar-refractivity contribution >= 4 is 12.0 Å². The Hall–Kier alpha value is -2.09. The summed E-state index contributed by atoms with van der Waals surface area (Å²) < 4.78 is 1.70. The van der Waals surface area contributed by atoms with E-state index in [1.807, 2.05) is 13.2 Å². The van der Waals surface area contributed by atoms with E-state index in [0.29, 0.717) is 39.3 Å². The van der Waals surface area contributed by atoms with Crippen LogP contribution in [0.4, 0.5) is 4.79 Å². The number of nitrogens with zero attached hydrogens (tertiary/aromatic N) is 4. The smallest absolute Gasteiger partial charge is 0.317 e. The molecule has 2 heterocycles. The number of urea groups is 1. The van der Waals surface area contributed by atoms with Gasteiger partial charge in [-0.05, 0) is 0 Å². The molecular formula is C13H21N5O3. The zero-order chi connectivity index (χ0) is 15.2. The van der Waals surface area contributed by atoms with Gasteiger partial charge in [-0.3, -0.25) is 14.4 Å². The average Bonchev–Trinajstić information content (AvgIpc) is 2.89. The molecule has 8 heteroatoms. The predicted octanol–water partition coefficient (Wildman–Crippen LogP) is -0.278. The number of carboxylic acids is 1. The Bertz CT molecular complexity index is 494. The van der Waals surface area contributed by atoms with Crippen molar-refractivity contribution in [2.24, 2.45) is 7.05 Å². The van der Waals surface area contributed by atoms with Gasteiger partial charge in [0.1, 0.15) is 0 Å². The highest BCUT2D eigenvalue weighted by Gasteiger charge is 2.21.